The largest absolute Gasteiger partial charge is 0.489 e. The Morgan fingerprint density at radius 3 is 2.46 bits per heavy atom. The molecule has 0 spiro atoms. The van der Waals surface area contributed by atoms with Gasteiger partial charge in [0.05, 0.1) is 6.61 Å². The number of hydrogen-bond acceptors (Lipinski definition) is 3. The molecular weight excluding hydrogens is 323 g/mol. The van der Waals surface area contributed by atoms with Crippen LogP contribution in [0.2, 0.25) is 0 Å². The van der Waals surface area contributed by atoms with Crippen LogP contribution in [0, 0.1) is 17.5 Å². The van der Waals surface area contributed by atoms with E-state index in [1.54, 1.807) is 6.07 Å². The minimum Gasteiger partial charge on any atom is -0.489 e. The van der Waals surface area contributed by atoms with Gasteiger partial charge in [-0.3, -0.25) is 4.79 Å². The zero-order valence-corrected chi connectivity index (χ0v) is 12.9. The maximum atomic E-state index is 14.0. The van der Waals surface area contributed by atoms with E-state index in [0.717, 1.165) is 12.1 Å². The van der Waals surface area contributed by atoms with Gasteiger partial charge < -0.3 is 15.2 Å². The number of amides is 1. The van der Waals surface area contributed by atoms with Gasteiger partial charge >= 0.3 is 0 Å². The Bertz CT molecular complexity index is 714. The predicted octanol–water partition coefficient (Wildman–Crippen LogP) is 2.79. The minimum atomic E-state index is -1.09. The third kappa shape index (κ3) is 4.48. The fourth-order valence-electron chi connectivity index (χ4n) is 1.99. The summed E-state index contributed by atoms with van der Waals surface area (Å²) < 4.78 is 46.3. The Morgan fingerprint density at radius 2 is 1.88 bits per heavy atom. The van der Waals surface area contributed by atoms with Crippen LogP contribution in [0.3, 0.4) is 0 Å². The molecule has 0 aliphatic heterocycles. The molecule has 0 bridgehead atoms. The summed E-state index contributed by atoms with van der Waals surface area (Å²) in [6.07, 6.45) is 0. The molecule has 7 heteroatoms. The van der Waals surface area contributed by atoms with Crippen LogP contribution in [-0.4, -0.2) is 23.7 Å². The standard InChI is InChI=1S/C17H16F3NO3/c1-10(8-22)21-17(23)16-14(19)6-13(7-15(16)20)24-9-11-3-2-4-12(18)5-11/h2-7,10,22H,8-9H2,1H3,(H,21,23). The fourth-order valence-corrected chi connectivity index (χ4v) is 1.99. The molecular formula is C17H16F3NO3. The van der Waals surface area contributed by atoms with Gasteiger partial charge in [-0.05, 0) is 24.6 Å². The molecule has 128 valence electrons. The lowest BCUT2D eigenvalue weighted by Gasteiger charge is -2.13. The van der Waals surface area contributed by atoms with Crippen LogP contribution in [-0.2, 0) is 6.61 Å². The van der Waals surface area contributed by atoms with Crippen molar-refractivity contribution < 1.29 is 27.8 Å². The highest BCUT2D eigenvalue weighted by Crippen LogP contribution is 2.22. The molecule has 1 unspecified atom stereocenters. The molecule has 1 amide bonds. The molecule has 0 heterocycles. The number of hydrogen-bond donors (Lipinski definition) is 2. The van der Waals surface area contributed by atoms with E-state index in [9.17, 15) is 18.0 Å². The lowest BCUT2D eigenvalue weighted by atomic mass is 10.1. The summed E-state index contributed by atoms with van der Waals surface area (Å²) in [4.78, 5) is 11.8. The molecule has 4 nitrogen and oxygen atoms in total. The van der Waals surface area contributed by atoms with Gasteiger partial charge in [-0.2, -0.15) is 0 Å². The quantitative estimate of drug-likeness (QED) is 0.851. The third-order valence-corrected chi connectivity index (χ3v) is 3.19. The first-order valence-electron chi connectivity index (χ1n) is 7.18. The molecule has 0 aliphatic rings. The van der Waals surface area contributed by atoms with Gasteiger partial charge in [0.1, 0.15) is 35.4 Å². The van der Waals surface area contributed by atoms with E-state index in [1.807, 2.05) is 0 Å². The van der Waals surface area contributed by atoms with Gasteiger partial charge in [0, 0.05) is 18.2 Å². The van der Waals surface area contributed by atoms with E-state index in [1.165, 1.54) is 25.1 Å². The Labute approximate surface area is 136 Å². The fraction of sp³-hybridized carbons (Fsp3) is 0.235. The maximum absolute atomic E-state index is 14.0. The lowest BCUT2D eigenvalue weighted by molar-refractivity contribution is 0.0913. The van der Waals surface area contributed by atoms with Crippen molar-refractivity contribution in [1.82, 2.24) is 5.32 Å². The summed E-state index contributed by atoms with van der Waals surface area (Å²) in [5.41, 5.74) is -0.261. The number of rotatable bonds is 6. The van der Waals surface area contributed by atoms with Gasteiger partial charge in [-0.15, -0.1) is 0 Å². The van der Waals surface area contributed by atoms with Gasteiger partial charge in [0.2, 0.25) is 0 Å². The molecule has 0 saturated carbocycles. The van der Waals surface area contributed by atoms with Gasteiger partial charge in [-0.25, -0.2) is 13.2 Å². The van der Waals surface area contributed by atoms with Crippen LogP contribution in [0.4, 0.5) is 13.2 Å². The highest BCUT2D eigenvalue weighted by molar-refractivity contribution is 5.95. The number of aliphatic hydroxyl groups is 1. The van der Waals surface area contributed by atoms with Crippen LogP contribution in [0.15, 0.2) is 36.4 Å². The van der Waals surface area contributed by atoms with Crippen molar-refractivity contribution in [2.24, 2.45) is 0 Å². The van der Waals surface area contributed by atoms with Crippen LogP contribution < -0.4 is 10.1 Å². The molecule has 1 atom stereocenters. The summed E-state index contributed by atoms with van der Waals surface area (Å²) in [5, 5.41) is 11.1. The SMILES string of the molecule is CC(CO)NC(=O)c1c(F)cc(OCc2cccc(F)c2)cc1F. The zero-order chi connectivity index (χ0) is 17.7. The van der Waals surface area contributed by atoms with Crippen LogP contribution in [0.1, 0.15) is 22.8 Å². The molecule has 2 aromatic carbocycles. The zero-order valence-electron chi connectivity index (χ0n) is 12.9. The van der Waals surface area contributed by atoms with Crippen molar-refractivity contribution in [3.05, 3.63) is 65.0 Å². The second-order valence-electron chi connectivity index (χ2n) is 5.24. The summed E-state index contributed by atoms with van der Waals surface area (Å²) in [6.45, 7) is 1.05. The molecule has 2 aromatic rings. The minimum absolute atomic E-state index is 0.0796. The molecule has 0 aliphatic carbocycles. The number of benzene rings is 2. The van der Waals surface area contributed by atoms with E-state index in [4.69, 9.17) is 9.84 Å². The number of carbonyl (C=O) groups excluding carboxylic acids is 1. The number of aliphatic hydroxyl groups excluding tert-OH is 1. The van der Waals surface area contributed by atoms with E-state index in [-0.39, 0.29) is 19.0 Å². The van der Waals surface area contributed by atoms with Crippen LogP contribution >= 0.6 is 0 Å². The average Bonchev–Trinajstić information content (AvgIpc) is 2.52. The molecule has 0 radical (unpaired) electrons. The summed E-state index contributed by atoms with van der Waals surface area (Å²) in [5.74, 6) is -3.72. The van der Waals surface area contributed by atoms with Crippen molar-refractivity contribution in [1.29, 1.82) is 0 Å². The number of carbonyl (C=O) groups is 1. The van der Waals surface area contributed by atoms with E-state index < -0.39 is 35.0 Å². The second kappa shape index (κ2) is 7.83. The first-order valence-corrected chi connectivity index (χ1v) is 7.18. The summed E-state index contributed by atoms with van der Waals surface area (Å²) in [7, 11) is 0. The molecule has 0 saturated heterocycles. The molecule has 0 fully saturated rings. The van der Waals surface area contributed by atoms with E-state index in [2.05, 4.69) is 5.32 Å². The highest BCUT2D eigenvalue weighted by Gasteiger charge is 2.20. The smallest absolute Gasteiger partial charge is 0.257 e. The maximum Gasteiger partial charge on any atom is 0.257 e. The van der Waals surface area contributed by atoms with Crippen molar-refractivity contribution in [2.45, 2.75) is 19.6 Å². The van der Waals surface area contributed by atoms with Crippen LogP contribution in [0.5, 0.6) is 5.75 Å². The van der Waals surface area contributed by atoms with Crippen LogP contribution in [0.25, 0.3) is 0 Å². The predicted molar refractivity (Wildman–Crippen MR) is 81.1 cm³/mol. The number of halogens is 3. The Balaban J connectivity index is 2.12. The molecule has 0 aromatic heterocycles. The Morgan fingerprint density at radius 1 is 1.21 bits per heavy atom. The Kier molecular flexibility index (Phi) is 5.81. The number of nitrogens with one attached hydrogen (secondary N) is 1. The van der Waals surface area contributed by atoms with Crippen molar-refractivity contribution >= 4 is 5.91 Å². The first-order chi connectivity index (χ1) is 11.4. The highest BCUT2D eigenvalue weighted by atomic mass is 19.1. The number of ether oxygens (including phenoxy) is 1. The summed E-state index contributed by atoms with van der Waals surface area (Å²) >= 11 is 0. The lowest BCUT2D eigenvalue weighted by Crippen LogP contribution is -2.36. The normalized spacial score (nSPS) is 11.9. The molecule has 2 N–H and O–H groups in total. The van der Waals surface area contributed by atoms with E-state index >= 15 is 0 Å². The van der Waals surface area contributed by atoms with Crippen molar-refractivity contribution in [2.75, 3.05) is 6.61 Å². The summed E-state index contributed by atoms with van der Waals surface area (Å²) in [6, 6.07) is 6.72. The van der Waals surface area contributed by atoms with Gasteiger partial charge in [0.25, 0.3) is 5.91 Å². The Hall–Kier alpha value is -2.54. The van der Waals surface area contributed by atoms with Gasteiger partial charge in [-0.1, -0.05) is 12.1 Å². The topological polar surface area (TPSA) is 58.6 Å². The van der Waals surface area contributed by atoms with Gasteiger partial charge in [0.15, 0.2) is 0 Å². The second-order valence-corrected chi connectivity index (χ2v) is 5.24. The van der Waals surface area contributed by atoms with Crippen molar-refractivity contribution in [3.8, 4) is 5.75 Å². The van der Waals surface area contributed by atoms with Crippen molar-refractivity contribution in [3.63, 3.8) is 0 Å². The third-order valence-electron chi connectivity index (χ3n) is 3.19. The molecule has 24 heavy (non-hydrogen) atoms. The first kappa shape index (κ1) is 17.8. The van der Waals surface area contributed by atoms with E-state index in [0.29, 0.717) is 5.56 Å². The molecule has 2 rings (SSSR count). The monoisotopic (exact) mass is 339 g/mol. The average molecular weight is 339 g/mol.